The fraction of sp³-hybridized carbons (Fsp3) is 0.708. The first-order valence-electron chi connectivity index (χ1n) is 11.6. The van der Waals surface area contributed by atoms with E-state index in [1.54, 1.807) is 7.11 Å². The molecular weight excluding hydrogens is 442 g/mol. The smallest absolute Gasteiger partial charge is 0.320 e. The Bertz CT molecular complexity index is 729. The van der Waals surface area contributed by atoms with E-state index in [4.69, 9.17) is 4.74 Å². The number of methoxy groups -OCH3 is 1. The summed E-state index contributed by atoms with van der Waals surface area (Å²) >= 11 is 3.70. The maximum absolute atomic E-state index is 12.8. The van der Waals surface area contributed by atoms with Crippen molar-refractivity contribution in [1.82, 2.24) is 14.7 Å². The van der Waals surface area contributed by atoms with E-state index in [0.29, 0.717) is 18.0 Å². The molecule has 0 spiro atoms. The number of ether oxygens (including phenoxy) is 1. The van der Waals surface area contributed by atoms with E-state index in [9.17, 15) is 4.79 Å². The molecule has 1 saturated carbocycles. The zero-order chi connectivity index (χ0) is 21.1. The second-order valence-electron chi connectivity index (χ2n) is 9.40. The van der Waals surface area contributed by atoms with Crippen molar-refractivity contribution >= 4 is 22.0 Å². The molecule has 30 heavy (non-hydrogen) atoms. The van der Waals surface area contributed by atoms with Gasteiger partial charge in [0.1, 0.15) is 5.75 Å². The molecule has 0 bridgehead atoms. The number of piperidine rings is 1. The van der Waals surface area contributed by atoms with Gasteiger partial charge in [-0.1, -0.05) is 35.2 Å². The number of nitrogens with zero attached hydrogens (tertiary/aromatic N) is 3. The Morgan fingerprint density at radius 2 is 1.83 bits per heavy atom. The van der Waals surface area contributed by atoms with Gasteiger partial charge in [0.25, 0.3) is 0 Å². The number of amides is 2. The molecule has 5 nitrogen and oxygen atoms in total. The van der Waals surface area contributed by atoms with Gasteiger partial charge in [0, 0.05) is 30.7 Å². The molecule has 0 N–H and O–H groups in total. The highest BCUT2D eigenvalue weighted by atomic mass is 79.9. The molecule has 0 aromatic heterocycles. The lowest BCUT2D eigenvalue weighted by Crippen LogP contribution is -2.44. The van der Waals surface area contributed by atoms with Gasteiger partial charge in [-0.15, -0.1) is 0 Å². The van der Waals surface area contributed by atoms with Gasteiger partial charge in [0.2, 0.25) is 0 Å². The predicted molar refractivity (Wildman–Crippen MR) is 124 cm³/mol. The minimum Gasteiger partial charge on any atom is -0.497 e. The number of hydrogen-bond acceptors (Lipinski definition) is 3. The molecular formula is C24H36BrN3O2. The zero-order valence-electron chi connectivity index (χ0n) is 18.5. The minimum atomic E-state index is 0.254. The van der Waals surface area contributed by atoms with E-state index in [2.05, 4.69) is 37.9 Å². The number of carbonyl (C=O) groups is 1. The van der Waals surface area contributed by atoms with Gasteiger partial charge in [-0.3, -0.25) is 0 Å². The van der Waals surface area contributed by atoms with Gasteiger partial charge in [-0.25, -0.2) is 4.79 Å². The van der Waals surface area contributed by atoms with Crippen LogP contribution in [0.1, 0.15) is 50.5 Å². The van der Waals surface area contributed by atoms with Crippen LogP contribution in [0.15, 0.2) is 22.7 Å². The summed E-state index contributed by atoms with van der Waals surface area (Å²) in [6.45, 7) is 4.19. The number of carbonyl (C=O) groups excluding carboxylic acids is 1. The molecule has 1 aliphatic carbocycles. The lowest BCUT2D eigenvalue weighted by atomic mass is 9.90. The summed E-state index contributed by atoms with van der Waals surface area (Å²) in [5, 5.41) is 0. The first-order chi connectivity index (χ1) is 14.5. The molecule has 166 valence electrons. The van der Waals surface area contributed by atoms with E-state index in [-0.39, 0.29) is 6.03 Å². The SMILES string of the molecule is COc1ccc(Br)c(CC2CCN(CC3CN(C4CCCCC4)C(=O)N3C)CC2)c1. The molecule has 1 unspecified atom stereocenters. The normalized spacial score (nSPS) is 24.6. The Morgan fingerprint density at radius 3 is 2.53 bits per heavy atom. The first-order valence-corrected chi connectivity index (χ1v) is 12.4. The summed E-state index contributed by atoms with van der Waals surface area (Å²) in [6.07, 6.45) is 9.82. The zero-order valence-corrected chi connectivity index (χ0v) is 20.1. The molecule has 2 saturated heterocycles. The molecule has 2 heterocycles. The molecule has 1 aromatic rings. The molecule has 3 fully saturated rings. The van der Waals surface area contributed by atoms with Crippen molar-refractivity contribution in [2.24, 2.45) is 5.92 Å². The van der Waals surface area contributed by atoms with Gasteiger partial charge < -0.3 is 19.4 Å². The quantitative estimate of drug-likeness (QED) is 0.591. The highest BCUT2D eigenvalue weighted by Crippen LogP contribution is 2.30. The van der Waals surface area contributed by atoms with Crippen LogP contribution in [0, 0.1) is 5.92 Å². The van der Waals surface area contributed by atoms with Gasteiger partial charge in [-0.2, -0.15) is 0 Å². The number of likely N-dealkylation sites (tertiary alicyclic amines) is 1. The van der Waals surface area contributed by atoms with Crippen LogP contribution in [-0.2, 0) is 6.42 Å². The molecule has 0 radical (unpaired) electrons. The van der Waals surface area contributed by atoms with Gasteiger partial charge in [0.05, 0.1) is 13.2 Å². The molecule has 6 heteroatoms. The fourth-order valence-corrected chi connectivity index (χ4v) is 5.89. The van der Waals surface area contributed by atoms with Crippen LogP contribution in [0.3, 0.4) is 0 Å². The molecule has 2 amide bonds. The van der Waals surface area contributed by atoms with E-state index in [1.165, 1.54) is 55.0 Å². The van der Waals surface area contributed by atoms with Crippen LogP contribution in [0.5, 0.6) is 5.75 Å². The van der Waals surface area contributed by atoms with E-state index in [1.807, 2.05) is 18.0 Å². The standard InChI is InChI=1S/C24H36BrN3O2/c1-26-21(17-28(24(26)29)20-6-4-3-5-7-20)16-27-12-10-18(11-13-27)14-19-15-22(30-2)8-9-23(19)25/h8-9,15,18,20-21H,3-7,10-14,16-17H2,1-2H3. The van der Waals surface area contributed by atoms with Gasteiger partial charge in [-0.05, 0) is 74.9 Å². The second-order valence-corrected chi connectivity index (χ2v) is 10.3. The molecule has 3 aliphatic rings. The molecule has 2 aliphatic heterocycles. The highest BCUT2D eigenvalue weighted by Gasteiger charge is 2.39. The number of likely N-dealkylation sites (N-methyl/N-ethyl adjacent to an activating group) is 1. The van der Waals surface area contributed by atoms with Crippen molar-refractivity contribution in [1.29, 1.82) is 0 Å². The Morgan fingerprint density at radius 1 is 1.10 bits per heavy atom. The lowest BCUT2D eigenvalue weighted by Gasteiger charge is -2.34. The van der Waals surface area contributed by atoms with Crippen LogP contribution in [0.2, 0.25) is 0 Å². The topological polar surface area (TPSA) is 36.0 Å². The van der Waals surface area contributed by atoms with Crippen LogP contribution in [-0.4, -0.2) is 73.2 Å². The lowest BCUT2D eigenvalue weighted by molar-refractivity contribution is 0.149. The Labute approximate surface area is 189 Å². The second kappa shape index (κ2) is 9.90. The minimum absolute atomic E-state index is 0.254. The number of urea groups is 1. The van der Waals surface area contributed by atoms with E-state index < -0.39 is 0 Å². The third-order valence-corrected chi connectivity index (χ3v) is 8.23. The average molecular weight is 478 g/mol. The number of rotatable bonds is 6. The number of hydrogen-bond donors (Lipinski definition) is 0. The average Bonchev–Trinajstić information content (AvgIpc) is 3.05. The maximum atomic E-state index is 12.8. The molecule has 1 atom stereocenters. The predicted octanol–water partition coefficient (Wildman–Crippen LogP) is 4.78. The molecule has 4 rings (SSSR count). The van der Waals surface area contributed by atoms with Crippen LogP contribution >= 0.6 is 15.9 Å². The van der Waals surface area contributed by atoms with Crippen molar-refractivity contribution in [3.63, 3.8) is 0 Å². The Hall–Kier alpha value is -1.27. The van der Waals surface area contributed by atoms with Crippen LogP contribution in [0.4, 0.5) is 4.79 Å². The van der Waals surface area contributed by atoms with Crippen molar-refractivity contribution in [3.8, 4) is 5.75 Å². The first kappa shape index (κ1) is 21.9. The summed E-state index contributed by atoms with van der Waals surface area (Å²) in [6, 6.07) is 7.33. The summed E-state index contributed by atoms with van der Waals surface area (Å²) in [4.78, 5) is 19.6. The number of benzene rings is 1. The Kier molecular flexibility index (Phi) is 7.24. The van der Waals surface area contributed by atoms with Crippen LogP contribution in [0.25, 0.3) is 0 Å². The third-order valence-electron chi connectivity index (χ3n) is 7.46. The van der Waals surface area contributed by atoms with Crippen molar-refractivity contribution < 1.29 is 9.53 Å². The highest BCUT2D eigenvalue weighted by molar-refractivity contribution is 9.10. The summed E-state index contributed by atoms with van der Waals surface area (Å²) in [7, 11) is 3.73. The third kappa shape index (κ3) is 4.96. The molecule has 1 aromatic carbocycles. The van der Waals surface area contributed by atoms with E-state index >= 15 is 0 Å². The van der Waals surface area contributed by atoms with Crippen molar-refractivity contribution in [3.05, 3.63) is 28.2 Å². The fourth-order valence-electron chi connectivity index (χ4n) is 5.48. The van der Waals surface area contributed by atoms with Crippen LogP contribution < -0.4 is 4.74 Å². The Balaban J connectivity index is 1.27. The largest absolute Gasteiger partial charge is 0.497 e. The van der Waals surface area contributed by atoms with Crippen molar-refractivity contribution in [2.75, 3.05) is 40.3 Å². The van der Waals surface area contributed by atoms with E-state index in [0.717, 1.165) is 38.3 Å². The van der Waals surface area contributed by atoms with Crippen molar-refractivity contribution in [2.45, 2.75) is 63.5 Å². The summed E-state index contributed by atoms with van der Waals surface area (Å²) in [5.41, 5.74) is 1.34. The maximum Gasteiger partial charge on any atom is 0.320 e. The van der Waals surface area contributed by atoms with Gasteiger partial charge >= 0.3 is 6.03 Å². The summed E-state index contributed by atoms with van der Waals surface area (Å²) in [5.74, 6) is 1.65. The monoisotopic (exact) mass is 477 g/mol. The van der Waals surface area contributed by atoms with Gasteiger partial charge in [0.15, 0.2) is 0 Å². The summed E-state index contributed by atoms with van der Waals surface area (Å²) < 4.78 is 6.58. The number of halogens is 1.